The van der Waals surface area contributed by atoms with Crippen LogP contribution in [0.1, 0.15) is 0 Å². The first kappa shape index (κ1) is 7.66. The number of hydrogen-bond donors (Lipinski definition) is 0. The lowest BCUT2D eigenvalue weighted by Crippen LogP contribution is -2.12. The van der Waals surface area contributed by atoms with Crippen molar-refractivity contribution < 1.29 is 0 Å². The summed E-state index contributed by atoms with van der Waals surface area (Å²) in [6, 6.07) is 3.44. The van der Waals surface area contributed by atoms with Gasteiger partial charge < -0.3 is 0 Å². The molecule has 60 valence electrons. The summed E-state index contributed by atoms with van der Waals surface area (Å²) in [7, 11) is 0. The number of rotatable bonds is 0. The highest BCUT2D eigenvalue weighted by Crippen LogP contribution is 2.01. The fourth-order valence-corrected chi connectivity index (χ4v) is 1.32. The van der Waals surface area contributed by atoms with E-state index in [1.165, 1.54) is 9.11 Å². The summed E-state index contributed by atoms with van der Waals surface area (Å²) in [5.74, 6) is 0. The Morgan fingerprint density at radius 2 is 2.25 bits per heavy atom. The van der Waals surface area contributed by atoms with Gasteiger partial charge in [-0.3, -0.25) is 4.79 Å². The SMILES string of the molecule is O=c1c2cccnc2ncn1I. The molecule has 0 spiro atoms. The van der Waals surface area contributed by atoms with Crippen LogP contribution in [-0.2, 0) is 0 Å². The molecule has 2 aromatic rings. The van der Waals surface area contributed by atoms with Gasteiger partial charge in [-0.2, -0.15) is 0 Å². The number of hydrogen-bond acceptors (Lipinski definition) is 3. The Bertz CT molecular complexity index is 479. The monoisotopic (exact) mass is 273 g/mol. The van der Waals surface area contributed by atoms with Crippen LogP contribution in [0.3, 0.4) is 0 Å². The molecule has 0 fully saturated rings. The molecule has 0 unspecified atom stereocenters. The number of aromatic nitrogens is 3. The van der Waals surface area contributed by atoms with Crippen molar-refractivity contribution in [3.8, 4) is 0 Å². The van der Waals surface area contributed by atoms with Crippen molar-refractivity contribution in [2.45, 2.75) is 0 Å². The molecule has 0 saturated heterocycles. The molecular formula is C7H4IN3O. The van der Waals surface area contributed by atoms with Crippen LogP contribution in [0, 0.1) is 0 Å². The number of fused-ring (bicyclic) bond motifs is 1. The second-order valence-corrected chi connectivity index (χ2v) is 3.27. The van der Waals surface area contributed by atoms with Gasteiger partial charge in [-0.1, -0.05) is 0 Å². The Labute approximate surface area is 81.8 Å². The van der Waals surface area contributed by atoms with Crippen molar-refractivity contribution in [2.75, 3.05) is 0 Å². The molecule has 0 aliphatic carbocycles. The van der Waals surface area contributed by atoms with E-state index in [1.54, 1.807) is 18.3 Å². The minimum absolute atomic E-state index is 0.0753. The molecule has 0 atom stereocenters. The van der Waals surface area contributed by atoms with E-state index < -0.39 is 0 Å². The van der Waals surface area contributed by atoms with Crippen molar-refractivity contribution >= 4 is 33.9 Å². The first-order valence-electron chi connectivity index (χ1n) is 3.27. The summed E-state index contributed by atoms with van der Waals surface area (Å²) < 4.78 is 1.40. The molecule has 2 rings (SSSR count). The van der Waals surface area contributed by atoms with Crippen molar-refractivity contribution in [3.63, 3.8) is 0 Å². The van der Waals surface area contributed by atoms with Gasteiger partial charge in [0.25, 0.3) is 5.56 Å². The Balaban J connectivity index is 3.01. The van der Waals surface area contributed by atoms with Crippen LogP contribution in [-0.4, -0.2) is 12.7 Å². The minimum Gasteiger partial charge on any atom is -0.268 e. The van der Waals surface area contributed by atoms with Crippen LogP contribution in [0.2, 0.25) is 0 Å². The summed E-state index contributed by atoms with van der Waals surface area (Å²) >= 11 is 1.89. The maximum absolute atomic E-state index is 11.4. The van der Waals surface area contributed by atoms with Gasteiger partial charge in [-0.25, -0.2) is 12.7 Å². The number of halogens is 1. The van der Waals surface area contributed by atoms with Crippen molar-refractivity contribution in [2.24, 2.45) is 0 Å². The van der Waals surface area contributed by atoms with Crippen LogP contribution in [0.4, 0.5) is 0 Å². The van der Waals surface area contributed by atoms with Crippen molar-refractivity contribution in [1.29, 1.82) is 0 Å². The van der Waals surface area contributed by atoms with Crippen molar-refractivity contribution in [3.05, 3.63) is 35.0 Å². The highest BCUT2D eigenvalue weighted by atomic mass is 127. The number of nitrogens with zero attached hydrogens (tertiary/aromatic N) is 3. The second kappa shape index (κ2) is 2.81. The van der Waals surface area contributed by atoms with Crippen molar-refractivity contribution in [1.82, 2.24) is 12.7 Å². The van der Waals surface area contributed by atoms with E-state index in [-0.39, 0.29) is 5.56 Å². The fourth-order valence-electron chi connectivity index (χ4n) is 0.940. The molecular weight excluding hydrogens is 269 g/mol. The molecule has 0 N–H and O–H groups in total. The van der Waals surface area contributed by atoms with E-state index in [1.807, 2.05) is 22.9 Å². The first-order chi connectivity index (χ1) is 5.79. The summed E-state index contributed by atoms with van der Waals surface area (Å²) in [4.78, 5) is 19.3. The normalized spacial score (nSPS) is 10.4. The summed E-state index contributed by atoms with van der Waals surface area (Å²) in [5.41, 5.74) is 0.420. The second-order valence-electron chi connectivity index (χ2n) is 2.24. The van der Waals surface area contributed by atoms with Gasteiger partial charge in [0.05, 0.1) is 28.3 Å². The van der Waals surface area contributed by atoms with Gasteiger partial charge in [0.15, 0.2) is 5.65 Å². The summed E-state index contributed by atoms with van der Waals surface area (Å²) in [6.45, 7) is 0. The topological polar surface area (TPSA) is 47.8 Å². The quantitative estimate of drug-likeness (QED) is 0.672. The predicted octanol–water partition coefficient (Wildman–Crippen LogP) is 0.990. The molecule has 0 radical (unpaired) electrons. The molecule has 2 heterocycles. The number of pyridine rings is 1. The van der Waals surface area contributed by atoms with Crippen LogP contribution in [0.15, 0.2) is 29.5 Å². The average Bonchev–Trinajstić information content (AvgIpc) is 2.12. The fraction of sp³-hybridized carbons (Fsp3) is 0. The largest absolute Gasteiger partial charge is 0.271 e. The lowest BCUT2D eigenvalue weighted by molar-refractivity contribution is 1.12. The molecule has 0 aliphatic rings. The first-order valence-corrected chi connectivity index (χ1v) is 4.24. The average molecular weight is 273 g/mol. The van der Waals surface area contributed by atoms with Gasteiger partial charge in [0.1, 0.15) is 6.33 Å². The van der Waals surface area contributed by atoms with Gasteiger partial charge in [0.2, 0.25) is 0 Å². The summed E-state index contributed by atoms with van der Waals surface area (Å²) in [6.07, 6.45) is 3.07. The Hall–Kier alpha value is -0.980. The van der Waals surface area contributed by atoms with Crippen LogP contribution >= 0.6 is 22.9 Å². The zero-order valence-corrected chi connectivity index (χ0v) is 8.09. The lowest BCUT2D eigenvalue weighted by Gasteiger charge is -1.95. The molecule has 5 heteroatoms. The van der Waals surface area contributed by atoms with Gasteiger partial charge in [-0.15, -0.1) is 0 Å². The van der Waals surface area contributed by atoms with Gasteiger partial charge >= 0.3 is 0 Å². The van der Waals surface area contributed by atoms with Gasteiger partial charge in [0, 0.05) is 6.20 Å². The Kier molecular flexibility index (Phi) is 1.80. The van der Waals surface area contributed by atoms with E-state index in [2.05, 4.69) is 9.97 Å². The molecule has 0 saturated carbocycles. The minimum atomic E-state index is -0.0753. The van der Waals surface area contributed by atoms with Crippen LogP contribution < -0.4 is 5.56 Å². The van der Waals surface area contributed by atoms with E-state index >= 15 is 0 Å². The van der Waals surface area contributed by atoms with E-state index in [0.717, 1.165) is 0 Å². The van der Waals surface area contributed by atoms with Crippen LogP contribution in [0.5, 0.6) is 0 Å². The molecule has 0 aliphatic heterocycles. The molecule has 0 bridgehead atoms. The third kappa shape index (κ3) is 1.09. The third-order valence-electron chi connectivity index (χ3n) is 1.49. The zero-order chi connectivity index (χ0) is 8.55. The van der Waals surface area contributed by atoms with Crippen LogP contribution in [0.25, 0.3) is 11.0 Å². The smallest absolute Gasteiger partial charge is 0.268 e. The highest BCUT2D eigenvalue weighted by Gasteiger charge is 2.00. The Morgan fingerprint density at radius 3 is 3.08 bits per heavy atom. The van der Waals surface area contributed by atoms with Gasteiger partial charge in [-0.05, 0) is 12.1 Å². The maximum Gasteiger partial charge on any atom is 0.271 e. The maximum atomic E-state index is 11.4. The standard InChI is InChI=1S/C7H4IN3O/c8-11-4-10-6-5(7(11)12)2-1-3-9-6/h1-4H. The molecule has 0 amide bonds. The third-order valence-corrected chi connectivity index (χ3v) is 2.18. The van der Waals surface area contributed by atoms with E-state index in [4.69, 9.17) is 0 Å². The van der Waals surface area contributed by atoms with E-state index in [9.17, 15) is 4.79 Å². The Morgan fingerprint density at radius 1 is 1.42 bits per heavy atom. The predicted molar refractivity (Wildman–Crippen MR) is 53.2 cm³/mol. The molecule has 12 heavy (non-hydrogen) atoms. The molecule has 2 aromatic heterocycles. The molecule has 4 nitrogen and oxygen atoms in total. The van der Waals surface area contributed by atoms with E-state index in [0.29, 0.717) is 11.0 Å². The summed E-state index contributed by atoms with van der Waals surface area (Å²) in [5, 5.41) is 0.550. The lowest BCUT2D eigenvalue weighted by atomic mass is 10.3. The molecule has 0 aromatic carbocycles. The zero-order valence-electron chi connectivity index (χ0n) is 5.94. The highest BCUT2D eigenvalue weighted by molar-refractivity contribution is 14.1.